The van der Waals surface area contributed by atoms with E-state index >= 15 is 0 Å². The van der Waals surface area contributed by atoms with Gasteiger partial charge in [-0.3, -0.25) is 9.48 Å². The molecule has 0 spiro atoms. The van der Waals surface area contributed by atoms with Gasteiger partial charge in [0.1, 0.15) is 10.0 Å². The zero-order valence-corrected chi connectivity index (χ0v) is 20.1. The molecule has 3 aromatic heterocycles. The van der Waals surface area contributed by atoms with E-state index < -0.39 is 15.9 Å². The fourth-order valence-corrected chi connectivity index (χ4v) is 5.12. The molecule has 176 valence electrons. The SMILES string of the molecule is CCC1(COc2ccn(-c3ccc(C(=O)NS(=O)(=O)c4cnn(C)c4C)c(Cl)n3)n2)CCC1. The number of sulfonamides is 1. The number of pyridine rings is 1. The van der Waals surface area contributed by atoms with E-state index in [0.29, 0.717) is 24.0 Å². The number of amides is 1. The van der Waals surface area contributed by atoms with Crippen molar-refractivity contribution in [1.29, 1.82) is 0 Å². The molecule has 1 saturated carbocycles. The van der Waals surface area contributed by atoms with Crippen LogP contribution in [0.2, 0.25) is 5.15 Å². The summed E-state index contributed by atoms with van der Waals surface area (Å²) in [5, 5.41) is 8.11. The molecule has 3 aromatic rings. The van der Waals surface area contributed by atoms with Gasteiger partial charge in [-0.05, 0) is 38.3 Å². The van der Waals surface area contributed by atoms with E-state index in [1.54, 1.807) is 26.2 Å². The van der Waals surface area contributed by atoms with E-state index in [9.17, 15) is 13.2 Å². The number of halogens is 1. The van der Waals surface area contributed by atoms with Crippen LogP contribution in [0.4, 0.5) is 0 Å². The third-order valence-corrected chi connectivity index (χ3v) is 8.00. The van der Waals surface area contributed by atoms with Crippen LogP contribution < -0.4 is 9.46 Å². The van der Waals surface area contributed by atoms with Gasteiger partial charge in [0, 0.05) is 24.7 Å². The summed E-state index contributed by atoms with van der Waals surface area (Å²) in [6.07, 6.45) is 7.50. The molecule has 10 nitrogen and oxygen atoms in total. The van der Waals surface area contributed by atoms with Crippen molar-refractivity contribution < 1.29 is 17.9 Å². The van der Waals surface area contributed by atoms with Gasteiger partial charge in [0.2, 0.25) is 5.88 Å². The molecule has 0 bridgehead atoms. The molecule has 1 aliphatic carbocycles. The van der Waals surface area contributed by atoms with Crippen LogP contribution in [-0.4, -0.2) is 45.5 Å². The average molecular weight is 493 g/mol. The van der Waals surface area contributed by atoms with Gasteiger partial charge < -0.3 is 4.74 Å². The first kappa shape index (κ1) is 23.2. The molecular weight excluding hydrogens is 468 g/mol. The van der Waals surface area contributed by atoms with Gasteiger partial charge in [0.15, 0.2) is 5.82 Å². The first-order valence-electron chi connectivity index (χ1n) is 10.6. The van der Waals surface area contributed by atoms with Crippen molar-refractivity contribution >= 4 is 27.5 Å². The van der Waals surface area contributed by atoms with Crippen molar-refractivity contribution in [3.63, 3.8) is 0 Å². The number of aryl methyl sites for hydroxylation is 1. The Bertz CT molecular complexity index is 1290. The smallest absolute Gasteiger partial charge is 0.268 e. The van der Waals surface area contributed by atoms with E-state index in [-0.39, 0.29) is 21.0 Å². The third-order valence-electron chi connectivity index (χ3n) is 6.28. The number of carbonyl (C=O) groups excluding carboxylic acids is 1. The van der Waals surface area contributed by atoms with Gasteiger partial charge in [0.05, 0.1) is 24.1 Å². The maximum atomic E-state index is 12.6. The monoisotopic (exact) mass is 492 g/mol. The molecule has 0 atom stereocenters. The molecule has 12 heteroatoms. The van der Waals surface area contributed by atoms with Gasteiger partial charge >= 0.3 is 0 Å². The lowest BCUT2D eigenvalue weighted by atomic mass is 9.68. The first-order valence-corrected chi connectivity index (χ1v) is 12.4. The number of hydrogen-bond donors (Lipinski definition) is 1. The normalized spacial score (nSPS) is 15.2. The highest BCUT2D eigenvalue weighted by Gasteiger charge is 2.36. The summed E-state index contributed by atoms with van der Waals surface area (Å²) in [7, 11) is -2.51. The predicted octanol–water partition coefficient (Wildman–Crippen LogP) is 3.04. The van der Waals surface area contributed by atoms with E-state index in [1.807, 2.05) is 4.72 Å². The highest BCUT2D eigenvalue weighted by atomic mass is 35.5. The Hall–Kier alpha value is -2.92. The minimum atomic E-state index is -4.11. The van der Waals surface area contributed by atoms with Crippen molar-refractivity contribution in [2.45, 2.75) is 44.4 Å². The number of hydrogen-bond acceptors (Lipinski definition) is 7. The Labute approximate surface area is 197 Å². The van der Waals surface area contributed by atoms with Crippen molar-refractivity contribution in [1.82, 2.24) is 29.3 Å². The van der Waals surface area contributed by atoms with Crippen LogP contribution in [0.1, 0.15) is 48.7 Å². The molecule has 33 heavy (non-hydrogen) atoms. The summed E-state index contributed by atoms with van der Waals surface area (Å²) < 4.78 is 35.9. The maximum Gasteiger partial charge on any atom is 0.268 e. The van der Waals surface area contributed by atoms with Crippen LogP contribution in [0.5, 0.6) is 5.88 Å². The highest BCUT2D eigenvalue weighted by molar-refractivity contribution is 7.90. The van der Waals surface area contributed by atoms with Gasteiger partial charge in [-0.2, -0.15) is 5.10 Å². The zero-order valence-electron chi connectivity index (χ0n) is 18.6. The van der Waals surface area contributed by atoms with Gasteiger partial charge in [0.25, 0.3) is 15.9 Å². The first-order chi connectivity index (χ1) is 15.6. The Balaban J connectivity index is 1.46. The largest absolute Gasteiger partial charge is 0.476 e. The van der Waals surface area contributed by atoms with Crippen LogP contribution in [-0.2, 0) is 17.1 Å². The fraction of sp³-hybridized carbons (Fsp3) is 0.429. The van der Waals surface area contributed by atoms with Gasteiger partial charge in [-0.15, -0.1) is 5.10 Å². The van der Waals surface area contributed by atoms with E-state index in [0.717, 1.165) is 6.42 Å². The van der Waals surface area contributed by atoms with Crippen molar-refractivity contribution in [3.8, 4) is 11.7 Å². The molecule has 0 saturated heterocycles. The van der Waals surface area contributed by atoms with Crippen LogP contribution in [0.25, 0.3) is 5.82 Å². The van der Waals surface area contributed by atoms with Crippen LogP contribution in [0, 0.1) is 12.3 Å². The number of nitrogens with zero attached hydrogens (tertiary/aromatic N) is 5. The fourth-order valence-electron chi connectivity index (χ4n) is 3.71. The summed E-state index contributed by atoms with van der Waals surface area (Å²) in [6, 6.07) is 4.66. The number of aromatic nitrogens is 5. The molecule has 1 amide bonds. The van der Waals surface area contributed by atoms with Crippen LogP contribution >= 0.6 is 11.6 Å². The van der Waals surface area contributed by atoms with Crippen molar-refractivity contribution in [2.24, 2.45) is 12.5 Å². The molecule has 3 heterocycles. The van der Waals surface area contributed by atoms with E-state index in [2.05, 4.69) is 22.1 Å². The summed E-state index contributed by atoms with van der Waals surface area (Å²) >= 11 is 6.20. The lowest BCUT2D eigenvalue weighted by molar-refractivity contribution is 0.0513. The topological polar surface area (TPSA) is 121 Å². The number of rotatable bonds is 8. The second kappa shape index (κ2) is 8.79. The predicted molar refractivity (Wildman–Crippen MR) is 121 cm³/mol. The molecular formula is C21H25ClN6O4S. The Morgan fingerprint density at radius 3 is 2.64 bits per heavy atom. The van der Waals surface area contributed by atoms with Gasteiger partial charge in [-0.1, -0.05) is 24.9 Å². The van der Waals surface area contributed by atoms with Crippen molar-refractivity contribution in [3.05, 3.63) is 47.0 Å². The lowest BCUT2D eigenvalue weighted by Gasteiger charge is -2.40. The summed E-state index contributed by atoms with van der Waals surface area (Å²) in [5.74, 6) is -0.0456. The minimum absolute atomic E-state index is 0.0796. The summed E-state index contributed by atoms with van der Waals surface area (Å²) in [4.78, 5) is 16.7. The quantitative estimate of drug-likeness (QED) is 0.479. The molecule has 1 aliphatic rings. The molecule has 4 rings (SSSR count). The third kappa shape index (κ3) is 4.60. The molecule has 1 fully saturated rings. The number of carbonyl (C=O) groups is 1. The Morgan fingerprint density at radius 2 is 2.06 bits per heavy atom. The van der Waals surface area contributed by atoms with Gasteiger partial charge in [-0.25, -0.2) is 22.8 Å². The second-order valence-electron chi connectivity index (χ2n) is 8.25. The second-order valence-corrected chi connectivity index (χ2v) is 10.3. The lowest BCUT2D eigenvalue weighted by Crippen LogP contribution is -2.35. The summed E-state index contributed by atoms with van der Waals surface area (Å²) in [5.41, 5.74) is 0.562. The highest BCUT2D eigenvalue weighted by Crippen LogP contribution is 2.43. The minimum Gasteiger partial charge on any atom is -0.476 e. The van der Waals surface area contributed by atoms with Crippen molar-refractivity contribution in [2.75, 3.05) is 6.61 Å². The van der Waals surface area contributed by atoms with E-state index in [4.69, 9.17) is 16.3 Å². The summed E-state index contributed by atoms with van der Waals surface area (Å²) in [6.45, 7) is 4.39. The van der Waals surface area contributed by atoms with Crippen LogP contribution in [0.3, 0.4) is 0 Å². The molecule has 0 aromatic carbocycles. The maximum absolute atomic E-state index is 12.6. The zero-order chi connectivity index (χ0) is 23.8. The Morgan fingerprint density at radius 1 is 1.30 bits per heavy atom. The number of nitrogens with one attached hydrogen (secondary N) is 1. The van der Waals surface area contributed by atoms with Crippen LogP contribution in [0.15, 0.2) is 35.5 Å². The van der Waals surface area contributed by atoms with E-state index in [1.165, 1.54) is 47.0 Å². The molecule has 0 aliphatic heterocycles. The number of ether oxygens (including phenoxy) is 1. The average Bonchev–Trinajstić information content (AvgIpc) is 3.34. The Kier molecular flexibility index (Phi) is 6.19. The molecule has 0 unspecified atom stereocenters. The molecule has 1 N–H and O–H groups in total. The molecule has 0 radical (unpaired) electrons. The standard InChI is InChI=1S/C21H25ClN6O4S/c1-4-21(9-5-10-21)13-32-18-8-11-28(25-18)17-7-6-15(19(22)24-17)20(29)26-33(30,31)16-12-23-27(3)14(16)2/h6-8,11-12H,4-5,9-10,13H2,1-3H3,(H,26,29).